The van der Waals surface area contributed by atoms with Crippen molar-refractivity contribution in [1.82, 2.24) is 5.32 Å². The van der Waals surface area contributed by atoms with E-state index in [4.69, 9.17) is 28.9 Å². The molecule has 128 valence electrons. The number of amides is 1. The van der Waals surface area contributed by atoms with Crippen LogP contribution in [0.3, 0.4) is 0 Å². The van der Waals surface area contributed by atoms with Crippen LogP contribution in [0.25, 0.3) is 11.1 Å². The molecule has 0 saturated heterocycles. The lowest BCUT2D eigenvalue weighted by Crippen LogP contribution is -2.40. The Morgan fingerprint density at radius 3 is 2.38 bits per heavy atom. The first-order valence-electron chi connectivity index (χ1n) is 8.09. The van der Waals surface area contributed by atoms with E-state index in [1.807, 2.05) is 36.4 Å². The van der Waals surface area contributed by atoms with Crippen molar-refractivity contribution in [3.8, 4) is 11.1 Å². The monoisotopic (exact) mass is 364 g/mol. The van der Waals surface area contributed by atoms with E-state index in [0.717, 1.165) is 36.0 Å². The lowest BCUT2D eigenvalue weighted by atomic mass is 10.0. The van der Waals surface area contributed by atoms with Gasteiger partial charge in [-0.3, -0.25) is 4.79 Å². The maximum Gasteiger partial charge on any atom is 0.237 e. The van der Waals surface area contributed by atoms with E-state index >= 15 is 0 Å². The Bertz CT molecular complexity index is 686. The van der Waals surface area contributed by atoms with Crippen LogP contribution in [0.4, 0.5) is 0 Å². The van der Waals surface area contributed by atoms with E-state index in [9.17, 15) is 4.79 Å². The smallest absolute Gasteiger partial charge is 0.237 e. The number of unbranched alkanes of at least 4 members (excludes halogenated alkanes) is 1. The molecule has 2 aromatic rings. The summed E-state index contributed by atoms with van der Waals surface area (Å²) in [7, 11) is 0. The van der Waals surface area contributed by atoms with Gasteiger partial charge in [0.2, 0.25) is 5.91 Å². The predicted molar refractivity (Wildman–Crippen MR) is 101 cm³/mol. The number of rotatable bonds is 7. The Balaban J connectivity index is 1.94. The zero-order valence-electron chi connectivity index (χ0n) is 13.7. The molecule has 2 rings (SSSR count). The van der Waals surface area contributed by atoms with Crippen molar-refractivity contribution in [2.24, 2.45) is 5.73 Å². The van der Waals surface area contributed by atoms with Crippen LogP contribution in [0.1, 0.15) is 31.7 Å². The first-order chi connectivity index (χ1) is 11.5. The Labute approximate surface area is 153 Å². The summed E-state index contributed by atoms with van der Waals surface area (Å²) in [4.78, 5) is 11.9. The van der Waals surface area contributed by atoms with Gasteiger partial charge in [0, 0.05) is 6.54 Å². The number of nitrogens with two attached hydrogens (primary N) is 1. The van der Waals surface area contributed by atoms with Gasteiger partial charge >= 0.3 is 0 Å². The molecule has 24 heavy (non-hydrogen) atoms. The van der Waals surface area contributed by atoms with E-state index in [0.29, 0.717) is 16.6 Å². The molecule has 1 amide bonds. The SMILES string of the molecule is CCCC[C@H](N)C(=O)NCc1ccc(-c2ccc(Cl)c(Cl)c2)cc1. The van der Waals surface area contributed by atoms with E-state index in [1.165, 1.54) is 0 Å². The molecule has 3 N–H and O–H groups in total. The number of benzene rings is 2. The van der Waals surface area contributed by atoms with Crippen LogP contribution in [-0.4, -0.2) is 11.9 Å². The minimum absolute atomic E-state index is 0.1000. The Morgan fingerprint density at radius 1 is 1.08 bits per heavy atom. The van der Waals surface area contributed by atoms with E-state index in [2.05, 4.69) is 12.2 Å². The molecule has 0 saturated carbocycles. The maximum absolute atomic E-state index is 11.9. The van der Waals surface area contributed by atoms with Gasteiger partial charge in [-0.25, -0.2) is 0 Å². The average Bonchev–Trinajstić information content (AvgIpc) is 2.60. The van der Waals surface area contributed by atoms with Gasteiger partial charge < -0.3 is 11.1 Å². The molecule has 0 heterocycles. The number of halogens is 2. The molecule has 1 atom stereocenters. The maximum atomic E-state index is 11.9. The van der Waals surface area contributed by atoms with Gasteiger partial charge in [0.25, 0.3) is 0 Å². The molecule has 5 heteroatoms. The lowest BCUT2D eigenvalue weighted by Gasteiger charge is -2.12. The molecular weight excluding hydrogens is 343 g/mol. The van der Waals surface area contributed by atoms with Crippen molar-refractivity contribution >= 4 is 29.1 Å². The van der Waals surface area contributed by atoms with Crippen molar-refractivity contribution in [1.29, 1.82) is 0 Å². The second-order valence-corrected chi connectivity index (χ2v) is 6.61. The molecular formula is C19H22Cl2N2O. The molecule has 0 aliphatic rings. The number of hydrogen-bond donors (Lipinski definition) is 2. The first kappa shape index (κ1) is 18.8. The Morgan fingerprint density at radius 2 is 1.75 bits per heavy atom. The summed E-state index contributed by atoms with van der Waals surface area (Å²) in [6.45, 7) is 2.56. The van der Waals surface area contributed by atoms with Crippen LogP contribution in [-0.2, 0) is 11.3 Å². The minimum Gasteiger partial charge on any atom is -0.351 e. The highest BCUT2D eigenvalue weighted by Gasteiger charge is 2.12. The number of nitrogens with one attached hydrogen (secondary N) is 1. The predicted octanol–water partition coefficient (Wildman–Crippen LogP) is 4.79. The van der Waals surface area contributed by atoms with Crippen LogP contribution < -0.4 is 11.1 Å². The molecule has 0 aromatic heterocycles. The fourth-order valence-corrected chi connectivity index (χ4v) is 2.66. The summed E-state index contributed by atoms with van der Waals surface area (Å²) in [5.74, 6) is -0.1000. The highest BCUT2D eigenvalue weighted by molar-refractivity contribution is 6.42. The van der Waals surface area contributed by atoms with Crippen molar-refractivity contribution in [2.45, 2.75) is 38.8 Å². The number of carbonyl (C=O) groups is 1. The minimum atomic E-state index is -0.430. The van der Waals surface area contributed by atoms with Gasteiger partial charge in [-0.2, -0.15) is 0 Å². The second kappa shape index (κ2) is 9.07. The van der Waals surface area contributed by atoms with Gasteiger partial charge in [0.1, 0.15) is 0 Å². The molecule has 0 spiro atoms. The van der Waals surface area contributed by atoms with E-state index in [1.54, 1.807) is 6.07 Å². The van der Waals surface area contributed by atoms with Crippen LogP contribution >= 0.6 is 23.2 Å². The molecule has 0 fully saturated rings. The number of carbonyl (C=O) groups excluding carboxylic acids is 1. The molecule has 0 radical (unpaired) electrons. The first-order valence-corrected chi connectivity index (χ1v) is 8.84. The quantitative estimate of drug-likeness (QED) is 0.741. The topological polar surface area (TPSA) is 55.1 Å². The van der Waals surface area contributed by atoms with Gasteiger partial charge in [-0.15, -0.1) is 0 Å². The van der Waals surface area contributed by atoms with Crippen LogP contribution in [0.2, 0.25) is 10.0 Å². The molecule has 0 unspecified atom stereocenters. The number of hydrogen-bond acceptors (Lipinski definition) is 2. The zero-order valence-corrected chi connectivity index (χ0v) is 15.2. The van der Waals surface area contributed by atoms with Crippen LogP contribution in [0.5, 0.6) is 0 Å². The van der Waals surface area contributed by atoms with E-state index in [-0.39, 0.29) is 5.91 Å². The van der Waals surface area contributed by atoms with Crippen molar-refractivity contribution in [3.05, 3.63) is 58.1 Å². The lowest BCUT2D eigenvalue weighted by molar-refractivity contribution is -0.122. The molecule has 3 nitrogen and oxygen atoms in total. The third-order valence-electron chi connectivity index (χ3n) is 3.88. The van der Waals surface area contributed by atoms with Crippen LogP contribution in [0.15, 0.2) is 42.5 Å². The van der Waals surface area contributed by atoms with Gasteiger partial charge in [0.15, 0.2) is 0 Å². The molecule has 2 aromatic carbocycles. The Hall–Kier alpha value is -1.55. The zero-order chi connectivity index (χ0) is 17.5. The summed E-state index contributed by atoms with van der Waals surface area (Å²) in [6.07, 6.45) is 2.72. The largest absolute Gasteiger partial charge is 0.351 e. The highest BCUT2D eigenvalue weighted by atomic mass is 35.5. The average molecular weight is 365 g/mol. The van der Waals surface area contributed by atoms with Crippen LogP contribution in [0, 0.1) is 0 Å². The third-order valence-corrected chi connectivity index (χ3v) is 4.62. The summed E-state index contributed by atoms with van der Waals surface area (Å²) < 4.78 is 0. The van der Waals surface area contributed by atoms with Crippen molar-refractivity contribution in [2.75, 3.05) is 0 Å². The van der Waals surface area contributed by atoms with Gasteiger partial charge in [-0.1, -0.05) is 73.3 Å². The summed E-state index contributed by atoms with van der Waals surface area (Å²) in [5.41, 5.74) is 8.93. The Kier molecular flexibility index (Phi) is 7.10. The molecule has 0 aliphatic carbocycles. The molecule has 0 bridgehead atoms. The summed E-state index contributed by atoms with van der Waals surface area (Å²) in [6, 6.07) is 13.1. The highest BCUT2D eigenvalue weighted by Crippen LogP contribution is 2.28. The normalized spacial score (nSPS) is 12.0. The summed E-state index contributed by atoms with van der Waals surface area (Å²) >= 11 is 12.0. The van der Waals surface area contributed by atoms with Crippen molar-refractivity contribution < 1.29 is 4.79 Å². The van der Waals surface area contributed by atoms with Gasteiger partial charge in [0.05, 0.1) is 16.1 Å². The fraction of sp³-hybridized carbons (Fsp3) is 0.316. The van der Waals surface area contributed by atoms with E-state index < -0.39 is 6.04 Å². The summed E-state index contributed by atoms with van der Waals surface area (Å²) in [5, 5.41) is 3.96. The third kappa shape index (κ3) is 5.23. The van der Waals surface area contributed by atoms with Crippen molar-refractivity contribution in [3.63, 3.8) is 0 Å². The molecule has 0 aliphatic heterocycles. The standard InChI is InChI=1S/C19H22Cl2N2O/c1-2-3-4-18(22)19(24)23-12-13-5-7-14(8-6-13)15-9-10-16(20)17(21)11-15/h5-11,18H,2-4,12,22H2,1H3,(H,23,24)/t18-/m0/s1. The van der Waals surface area contributed by atoms with Gasteiger partial charge in [-0.05, 0) is 35.2 Å². The fourth-order valence-electron chi connectivity index (χ4n) is 2.37. The second-order valence-electron chi connectivity index (χ2n) is 5.79.